The predicted molar refractivity (Wildman–Crippen MR) is 104 cm³/mol. The lowest BCUT2D eigenvalue weighted by Crippen LogP contribution is -2.52. The monoisotopic (exact) mass is 373 g/mol. The molecule has 0 spiro atoms. The van der Waals surface area contributed by atoms with Crippen LogP contribution in [0, 0.1) is 5.92 Å². The molecule has 148 valence electrons. The lowest BCUT2D eigenvalue weighted by atomic mass is 9.96. The van der Waals surface area contributed by atoms with Crippen molar-refractivity contribution >= 4 is 11.9 Å². The number of carboxylic acid groups (broad SMARTS) is 1. The number of benzene rings is 1. The van der Waals surface area contributed by atoms with Gasteiger partial charge in [-0.25, -0.2) is 0 Å². The summed E-state index contributed by atoms with van der Waals surface area (Å²) in [4.78, 5) is 28.2. The molecule has 2 aliphatic rings. The van der Waals surface area contributed by atoms with Crippen LogP contribution in [0.3, 0.4) is 0 Å². The van der Waals surface area contributed by atoms with Crippen LogP contribution in [0.5, 0.6) is 0 Å². The van der Waals surface area contributed by atoms with E-state index >= 15 is 0 Å². The molecular formula is C21H31N3O3. The van der Waals surface area contributed by atoms with E-state index in [-0.39, 0.29) is 23.9 Å². The molecule has 2 N–H and O–H groups in total. The van der Waals surface area contributed by atoms with Gasteiger partial charge < -0.3 is 10.4 Å². The van der Waals surface area contributed by atoms with Gasteiger partial charge in [-0.2, -0.15) is 0 Å². The number of carbonyl (C=O) groups is 2. The van der Waals surface area contributed by atoms with E-state index in [1.807, 2.05) is 13.0 Å². The minimum atomic E-state index is -0.714. The first-order chi connectivity index (χ1) is 13.0. The van der Waals surface area contributed by atoms with E-state index in [2.05, 4.69) is 39.4 Å². The van der Waals surface area contributed by atoms with E-state index in [4.69, 9.17) is 5.11 Å². The summed E-state index contributed by atoms with van der Waals surface area (Å²) in [5, 5.41) is 12.3. The molecule has 2 heterocycles. The SMILES string of the molecule is CC(C(=O)NC1CCN(Cc2ccccc2)CC1)N1CCC(C(=O)O)CC1. The third-order valence-corrected chi connectivity index (χ3v) is 5.99. The van der Waals surface area contributed by atoms with Crippen molar-refractivity contribution in [2.75, 3.05) is 26.2 Å². The number of aliphatic carboxylic acids is 1. The number of nitrogens with one attached hydrogen (secondary N) is 1. The number of hydrogen-bond acceptors (Lipinski definition) is 4. The zero-order chi connectivity index (χ0) is 19.2. The third kappa shape index (κ3) is 5.53. The smallest absolute Gasteiger partial charge is 0.306 e. The van der Waals surface area contributed by atoms with Gasteiger partial charge in [0.15, 0.2) is 0 Å². The quantitative estimate of drug-likeness (QED) is 0.797. The average Bonchev–Trinajstić information content (AvgIpc) is 2.69. The van der Waals surface area contributed by atoms with Crippen molar-refractivity contribution < 1.29 is 14.7 Å². The van der Waals surface area contributed by atoms with Crippen LogP contribution in [0.25, 0.3) is 0 Å². The first-order valence-electron chi connectivity index (χ1n) is 10.1. The molecule has 0 bridgehead atoms. The van der Waals surface area contributed by atoms with E-state index in [0.29, 0.717) is 25.9 Å². The predicted octanol–water partition coefficient (Wildman–Crippen LogP) is 1.95. The van der Waals surface area contributed by atoms with Crippen molar-refractivity contribution in [1.29, 1.82) is 0 Å². The molecule has 2 fully saturated rings. The highest BCUT2D eigenvalue weighted by molar-refractivity contribution is 5.81. The normalized spacial score (nSPS) is 21.7. The van der Waals surface area contributed by atoms with Gasteiger partial charge in [0.2, 0.25) is 5.91 Å². The van der Waals surface area contributed by atoms with Crippen LogP contribution < -0.4 is 5.32 Å². The minimum Gasteiger partial charge on any atom is -0.481 e. The summed E-state index contributed by atoms with van der Waals surface area (Å²) in [7, 11) is 0. The zero-order valence-electron chi connectivity index (χ0n) is 16.1. The summed E-state index contributed by atoms with van der Waals surface area (Å²) in [5.41, 5.74) is 1.33. The standard InChI is InChI=1S/C21H31N3O3/c1-16(24-13-7-18(8-14-24)21(26)27)20(25)22-19-9-11-23(12-10-19)15-17-5-3-2-4-6-17/h2-6,16,18-19H,7-15H2,1H3,(H,22,25)(H,26,27). The third-order valence-electron chi connectivity index (χ3n) is 5.99. The molecule has 27 heavy (non-hydrogen) atoms. The van der Waals surface area contributed by atoms with E-state index in [1.165, 1.54) is 5.56 Å². The van der Waals surface area contributed by atoms with E-state index < -0.39 is 5.97 Å². The fraction of sp³-hybridized carbons (Fsp3) is 0.619. The summed E-state index contributed by atoms with van der Waals surface area (Å²) < 4.78 is 0. The summed E-state index contributed by atoms with van der Waals surface area (Å²) in [6.45, 7) is 6.26. The molecule has 0 radical (unpaired) electrons. The second kappa shape index (κ2) is 9.33. The van der Waals surface area contributed by atoms with Gasteiger partial charge in [0.25, 0.3) is 0 Å². The maximum absolute atomic E-state index is 12.6. The first kappa shape index (κ1) is 19.8. The number of rotatable bonds is 6. The van der Waals surface area contributed by atoms with Gasteiger partial charge in [-0.3, -0.25) is 19.4 Å². The van der Waals surface area contributed by atoms with Crippen LogP contribution in [0.4, 0.5) is 0 Å². The number of nitrogens with zero attached hydrogens (tertiary/aromatic N) is 2. The number of carbonyl (C=O) groups excluding carboxylic acids is 1. The second-order valence-corrected chi connectivity index (χ2v) is 7.87. The van der Waals surface area contributed by atoms with Crippen LogP contribution in [-0.4, -0.2) is 65.0 Å². The van der Waals surface area contributed by atoms with Gasteiger partial charge >= 0.3 is 5.97 Å². The molecule has 1 amide bonds. The Morgan fingerprint density at radius 2 is 1.70 bits per heavy atom. The highest BCUT2D eigenvalue weighted by Gasteiger charge is 2.30. The Balaban J connectivity index is 1.39. The molecule has 2 aliphatic heterocycles. The Hall–Kier alpha value is -1.92. The number of carboxylic acids is 1. The van der Waals surface area contributed by atoms with E-state index in [9.17, 15) is 9.59 Å². The minimum absolute atomic E-state index is 0.0743. The maximum Gasteiger partial charge on any atom is 0.306 e. The largest absolute Gasteiger partial charge is 0.481 e. The van der Waals surface area contributed by atoms with E-state index in [0.717, 1.165) is 32.5 Å². The molecule has 0 saturated carbocycles. The number of likely N-dealkylation sites (tertiary alicyclic amines) is 2. The van der Waals surface area contributed by atoms with Gasteiger partial charge in [0.1, 0.15) is 0 Å². The van der Waals surface area contributed by atoms with Gasteiger partial charge in [-0.15, -0.1) is 0 Å². The Bertz CT molecular complexity index is 621. The van der Waals surface area contributed by atoms with Crippen molar-refractivity contribution in [3.05, 3.63) is 35.9 Å². The van der Waals surface area contributed by atoms with Gasteiger partial charge in [0.05, 0.1) is 12.0 Å². The van der Waals surface area contributed by atoms with Crippen LogP contribution in [0.1, 0.15) is 38.2 Å². The zero-order valence-corrected chi connectivity index (χ0v) is 16.1. The number of hydrogen-bond donors (Lipinski definition) is 2. The van der Waals surface area contributed by atoms with Crippen molar-refractivity contribution in [3.63, 3.8) is 0 Å². The van der Waals surface area contributed by atoms with Gasteiger partial charge in [-0.1, -0.05) is 30.3 Å². The second-order valence-electron chi connectivity index (χ2n) is 7.87. The number of piperidine rings is 2. The Morgan fingerprint density at radius 1 is 1.07 bits per heavy atom. The van der Waals surface area contributed by atoms with Crippen LogP contribution >= 0.6 is 0 Å². The molecule has 3 rings (SSSR count). The van der Waals surface area contributed by atoms with E-state index in [1.54, 1.807) is 0 Å². The highest BCUT2D eigenvalue weighted by atomic mass is 16.4. The fourth-order valence-corrected chi connectivity index (χ4v) is 4.10. The van der Waals surface area contributed by atoms with Crippen molar-refractivity contribution in [2.24, 2.45) is 5.92 Å². The maximum atomic E-state index is 12.6. The Kier molecular flexibility index (Phi) is 6.85. The molecular weight excluding hydrogens is 342 g/mol. The van der Waals surface area contributed by atoms with Crippen LogP contribution in [0.15, 0.2) is 30.3 Å². The Labute approximate surface area is 161 Å². The number of amides is 1. The average molecular weight is 373 g/mol. The summed E-state index contributed by atoms with van der Waals surface area (Å²) in [5.74, 6) is -0.898. The summed E-state index contributed by atoms with van der Waals surface area (Å²) >= 11 is 0. The van der Waals surface area contributed by atoms with Gasteiger partial charge in [-0.05, 0) is 51.3 Å². The van der Waals surface area contributed by atoms with Gasteiger partial charge in [0, 0.05) is 25.7 Å². The van der Waals surface area contributed by atoms with Crippen molar-refractivity contribution in [2.45, 2.75) is 51.2 Å². The van der Waals surface area contributed by atoms with Crippen LogP contribution in [0.2, 0.25) is 0 Å². The van der Waals surface area contributed by atoms with Crippen LogP contribution in [-0.2, 0) is 16.1 Å². The molecule has 1 aromatic carbocycles. The molecule has 1 unspecified atom stereocenters. The molecule has 6 heteroatoms. The lowest BCUT2D eigenvalue weighted by molar-refractivity contribution is -0.143. The molecule has 6 nitrogen and oxygen atoms in total. The molecule has 2 saturated heterocycles. The fourth-order valence-electron chi connectivity index (χ4n) is 4.10. The molecule has 0 aromatic heterocycles. The molecule has 1 atom stereocenters. The first-order valence-corrected chi connectivity index (χ1v) is 10.1. The topological polar surface area (TPSA) is 72.9 Å². The lowest BCUT2D eigenvalue weighted by Gasteiger charge is -2.36. The highest BCUT2D eigenvalue weighted by Crippen LogP contribution is 2.20. The molecule has 1 aromatic rings. The Morgan fingerprint density at radius 3 is 2.30 bits per heavy atom. The summed E-state index contributed by atoms with van der Waals surface area (Å²) in [6.07, 6.45) is 3.22. The molecule has 0 aliphatic carbocycles. The summed E-state index contributed by atoms with van der Waals surface area (Å²) in [6, 6.07) is 10.5. The van der Waals surface area contributed by atoms with Crippen molar-refractivity contribution in [3.8, 4) is 0 Å². The van der Waals surface area contributed by atoms with Crippen molar-refractivity contribution in [1.82, 2.24) is 15.1 Å².